The fourth-order valence-corrected chi connectivity index (χ4v) is 4.50. The van der Waals surface area contributed by atoms with E-state index in [4.69, 9.17) is 0 Å². The number of alkyl halides is 3. The second kappa shape index (κ2) is 7.53. The molecule has 1 saturated carbocycles. The van der Waals surface area contributed by atoms with Crippen LogP contribution in [0, 0.1) is 12.8 Å². The number of hydrogen-bond donors (Lipinski definition) is 1. The molecule has 1 N–H and O–H groups in total. The third-order valence-corrected chi connectivity index (χ3v) is 5.87. The van der Waals surface area contributed by atoms with E-state index in [0.717, 1.165) is 19.0 Å². The molecule has 9 nitrogen and oxygen atoms in total. The molecule has 32 heavy (non-hydrogen) atoms. The van der Waals surface area contributed by atoms with Crippen LogP contribution in [0.5, 0.6) is 0 Å². The van der Waals surface area contributed by atoms with E-state index >= 15 is 0 Å². The minimum atomic E-state index is -4.54. The highest BCUT2D eigenvalue weighted by Gasteiger charge is 2.48. The molecule has 2 fully saturated rings. The number of nitrogens with one attached hydrogen (secondary N) is 1. The van der Waals surface area contributed by atoms with Gasteiger partial charge in [0.2, 0.25) is 0 Å². The number of likely N-dealkylation sites (tertiary alicyclic amines) is 1. The predicted octanol–water partition coefficient (Wildman–Crippen LogP) is 2.49. The average Bonchev–Trinajstić information content (AvgIpc) is 3.50. The van der Waals surface area contributed by atoms with Crippen molar-refractivity contribution in [2.45, 2.75) is 38.0 Å². The van der Waals surface area contributed by atoms with Gasteiger partial charge in [0, 0.05) is 18.3 Å². The number of amides is 1. The topological polar surface area (TPSA) is 102 Å². The second-order valence-corrected chi connectivity index (χ2v) is 8.04. The number of pyridine rings is 1. The summed E-state index contributed by atoms with van der Waals surface area (Å²) in [6.07, 6.45) is 1.89. The van der Waals surface area contributed by atoms with Crippen molar-refractivity contribution < 1.29 is 18.0 Å². The fourth-order valence-electron chi connectivity index (χ4n) is 4.50. The number of anilines is 1. The number of rotatable bonds is 4. The van der Waals surface area contributed by atoms with E-state index in [9.17, 15) is 18.0 Å². The molecule has 4 heterocycles. The lowest BCUT2D eigenvalue weighted by atomic mass is 10.0. The van der Waals surface area contributed by atoms with Crippen molar-refractivity contribution in [3.8, 4) is 5.69 Å². The Morgan fingerprint density at radius 1 is 1.12 bits per heavy atom. The second-order valence-electron chi connectivity index (χ2n) is 8.04. The van der Waals surface area contributed by atoms with Crippen LogP contribution >= 0.6 is 0 Å². The van der Waals surface area contributed by atoms with Gasteiger partial charge < -0.3 is 10.2 Å². The molecule has 3 atom stereocenters. The smallest absolute Gasteiger partial charge is 0.364 e. The van der Waals surface area contributed by atoms with E-state index < -0.39 is 11.9 Å². The Bertz CT molecular complexity index is 1130. The number of aryl methyl sites for hydroxylation is 1. The lowest BCUT2D eigenvalue weighted by Gasteiger charge is -2.34. The van der Waals surface area contributed by atoms with Gasteiger partial charge in [-0.1, -0.05) is 0 Å². The Labute approximate surface area is 180 Å². The van der Waals surface area contributed by atoms with Crippen LogP contribution in [0.2, 0.25) is 0 Å². The van der Waals surface area contributed by atoms with Crippen LogP contribution in [0.15, 0.2) is 36.9 Å². The van der Waals surface area contributed by atoms with Gasteiger partial charge in [-0.2, -0.15) is 23.4 Å². The van der Waals surface area contributed by atoms with E-state index in [1.165, 1.54) is 17.2 Å². The summed E-state index contributed by atoms with van der Waals surface area (Å²) in [5.74, 6) is 0.316. The number of nitrogens with zero attached hydrogens (tertiary/aromatic N) is 7. The monoisotopic (exact) mass is 444 g/mol. The minimum absolute atomic E-state index is 0.127. The van der Waals surface area contributed by atoms with E-state index in [2.05, 4.69) is 30.5 Å². The number of hydrogen-bond acceptors (Lipinski definition) is 7. The Hall–Kier alpha value is -3.57. The molecular formula is C20H19F3N8O. The van der Waals surface area contributed by atoms with Gasteiger partial charge in [-0.05, 0) is 37.8 Å². The molecule has 0 aromatic carbocycles. The number of aromatic nitrogens is 6. The number of fused-ring (bicyclic) bond motifs is 2. The summed E-state index contributed by atoms with van der Waals surface area (Å²) >= 11 is 0. The van der Waals surface area contributed by atoms with E-state index in [-0.39, 0.29) is 29.5 Å². The van der Waals surface area contributed by atoms with Gasteiger partial charge in [0.05, 0.1) is 30.8 Å². The maximum atomic E-state index is 13.5. The van der Waals surface area contributed by atoms with Crippen LogP contribution in [0.4, 0.5) is 19.0 Å². The first-order chi connectivity index (χ1) is 15.3. The largest absolute Gasteiger partial charge is 0.434 e. The zero-order valence-electron chi connectivity index (χ0n) is 17.0. The molecule has 1 aliphatic carbocycles. The lowest BCUT2D eigenvalue weighted by molar-refractivity contribution is -0.141. The molecular weight excluding hydrogens is 425 g/mol. The van der Waals surface area contributed by atoms with E-state index in [1.807, 2.05) is 0 Å². The molecule has 0 spiro atoms. The zero-order chi connectivity index (χ0) is 22.5. The molecule has 2 bridgehead atoms. The number of halogens is 3. The van der Waals surface area contributed by atoms with Gasteiger partial charge in [-0.25, -0.2) is 15.0 Å². The van der Waals surface area contributed by atoms with Crippen LogP contribution in [0.25, 0.3) is 5.69 Å². The first kappa shape index (κ1) is 20.3. The number of carbonyl (C=O) groups is 1. The van der Waals surface area contributed by atoms with Gasteiger partial charge in [-0.15, -0.1) is 4.80 Å². The third-order valence-electron chi connectivity index (χ3n) is 5.87. The molecule has 0 radical (unpaired) electrons. The first-order valence-corrected chi connectivity index (χ1v) is 10.1. The van der Waals surface area contributed by atoms with Crippen molar-refractivity contribution in [3.63, 3.8) is 0 Å². The van der Waals surface area contributed by atoms with Crippen LogP contribution < -0.4 is 5.32 Å². The lowest BCUT2D eigenvalue weighted by Crippen LogP contribution is -2.48. The average molecular weight is 444 g/mol. The maximum absolute atomic E-state index is 13.5. The maximum Gasteiger partial charge on any atom is 0.434 e. The zero-order valence-corrected chi connectivity index (χ0v) is 17.0. The van der Waals surface area contributed by atoms with Gasteiger partial charge in [-0.3, -0.25) is 4.79 Å². The van der Waals surface area contributed by atoms with Crippen LogP contribution in [0.3, 0.4) is 0 Å². The Morgan fingerprint density at radius 3 is 2.56 bits per heavy atom. The molecule has 166 valence electrons. The fraction of sp³-hybridized carbons (Fsp3) is 0.400. The van der Waals surface area contributed by atoms with Crippen molar-refractivity contribution in [2.24, 2.45) is 5.92 Å². The van der Waals surface area contributed by atoms with Gasteiger partial charge in [0.25, 0.3) is 5.91 Å². The SMILES string of the molecule is Cc1ccc(-n2nccn2)c(C(=O)N2C[C@@H]3C[C@@H](Nc4cnc(C(F)(F)F)cn4)[C@@H]2C3)n1. The molecule has 2 aliphatic rings. The molecule has 5 rings (SSSR count). The molecule has 3 aromatic heterocycles. The van der Waals surface area contributed by atoms with Crippen LogP contribution in [-0.2, 0) is 6.18 Å². The van der Waals surface area contributed by atoms with E-state index in [0.29, 0.717) is 30.0 Å². The minimum Gasteiger partial charge on any atom is -0.364 e. The van der Waals surface area contributed by atoms with Gasteiger partial charge >= 0.3 is 6.18 Å². The number of carbonyl (C=O) groups excluding carboxylic acids is 1. The van der Waals surface area contributed by atoms with Crippen LogP contribution in [-0.4, -0.2) is 59.4 Å². The summed E-state index contributed by atoms with van der Waals surface area (Å²) in [5, 5.41) is 11.4. The Balaban J connectivity index is 1.37. The standard InChI is InChI=1S/C20H19F3N8O/c1-11-2-3-14(31-26-4-5-27-31)18(28-11)19(32)30-10-12-6-13(15(30)7-12)29-17-9-24-16(8-25-17)20(21,22)23/h2-5,8-9,12-13,15H,6-7,10H2,1H3,(H,25,29)/t12-,13-,15+/m1/s1. The molecule has 1 amide bonds. The molecule has 1 aliphatic heterocycles. The Kier molecular flexibility index (Phi) is 4.79. The molecule has 12 heteroatoms. The molecule has 0 unspecified atom stereocenters. The Morgan fingerprint density at radius 2 is 1.91 bits per heavy atom. The van der Waals surface area contributed by atoms with Gasteiger partial charge in [0.15, 0.2) is 11.4 Å². The summed E-state index contributed by atoms with van der Waals surface area (Å²) < 4.78 is 38.2. The van der Waals surface area contributed by atoms with E-state index in [1.54, 1.807) is 24.0 Å². The summed E-state index contributed by atoms with van der Waals surface area (Å²) in [7, 11) is 0. The summed E-state index contributed by atoms with van der Waals surface area (Å²) in [6.45, 7) is 2.41. The summed E-state index contributed by atoms with van der Waals surface area (Å²) in [4.78, 5) is 28.4. The molecule has 3 aromatic rings. The van der Waals surface area contributed by atoms with Crippen molar-refractivity contribution >= 4 is 11.7 Å². The molecule has 1 saturated heterocycles. The van der Waals surface area contributed by atoms with Crippen molar-refractivity contribution in [1.82, 2.24) is 34.8 Å². The predicted molar refractivity (Wildman–Crippen MR) is 106 cm³/mol. The van der Waals surface area contributed by atoms with Gasteiger partial charge in [0.1, 0.15) is 11.5 Å². The summed E-state index contributed by atoms with van der Waals surface area (Å²) in [6, 6.07) is 3.29. The van der Waals surface area contributed by atoms with Crippen molar-refractivity contribution in [3.05, 3.63) is 54.0 Å². The third kappa shape index (κ3) is 3.65. The van der Waals surface area contributed by atoms with Crippen LogP contribution in [0.1, 0.15) is 34.7 Å². The quantitative estimate of drug-likeness (QED) is 0.660. The highest BCUT2D eigenvalue weighted by molar-refractivity contribution is 5.96. The van der Waals surface area contributed by atoms with Crippen molar-refractivity contribution in [1.29, 1.82) is 0 Å². The normalized spacial score (nSPS) is 22.4. The summed E-state index contributed by atoms with van der Waals surface area (Å²) in [5.41, 5.74) is 0.412. The highest BCUT2D eigenvalue weighted by atomic mass is 19.4. The highest BCUT2D eigenvalue weighted by Crippen LogP contribution is 2.40. The first-order valence-electron chi connectivity index (χ1n) is 10.1. The van der Waals surface area contributed by atoms with Crippen molar-refractivity contribution in [2.75, 3.05) is 11.9 Å². The number of piperidine rings is 1.